The summed E-state index contributed by atoms with van der Waals surface area (Å²) in [6, 6.07) is 7.48. The Hall–Kier alpha value is -0.770. The Balaban J connectivity index is 1.58. The van der Waals surface area contributed by atoms with E-state index in [0.29, 0.717) is 18.6 Å². The first-order valence-corrected chi connectivity index (χ1v) is 7.32. The molecule has 1 aromatic carbocycles. The van der Waals surface area contributed by atoms with Gasteiger partial charge < -0.3 is 14.8 Å². The van der Waals surface area contributed by atoms with E-state index in [1.807, 2.05) is 24.3 Å². The van der Waals surface area contributed by atoms with E-state index in [2.05, 4.69) is 12.2 Å². The molecule has 0 aromatic heterocycles. The van der Waals surface area contributed by atoms with Crippen LogP contribution in [0, 0.1) is 5.92 Å². The van der Waals surface area contributed by atoms with Gasteiger partial charge in [-0.3, -0.25) is 0 Å². The van der Waals surface area contributed by atoms with Gasteiger partial charge in [-0.1, -0.05) is 18.5 Å². The van der Waals surface area contributed by atoms with Crippen LogP contribution >= 0.6 is 11.6 Å². The van der Waals surface area contributed by atoms with Crippen molar-refractivity contribution in [1.82, 2.24) is 5.32 Å². The fourth-order valence-electron chi connectivity index (χ4n) is 2.12. The quantitative estimate of drug-likeness (QED) is 0.834. The Labute approximate surface area is 120 Å². The second-order valence-corrected chi connectivity index (χ2v) is 5.60. The molecule has 1 aliphatic heterocycles. The van der Waals surface area contributed by atoms with Crippen LogP contribution in [0.5, 0.6) is 5.75 Å². The SMILES string of the molecule is C[C@@H](CNC[C@H]1CCCO1)COc1ccc(Cl)cc1. The van der Waals surface area contributed by atoms with Gasteiger partial charge in [-0.05, 0) is 37.1 Å². The maximum absolute atomic E-state index is 5.83. The van der Waals surface area contributed by atoms with Crippen LogP contribution in [0.4, 0.5) is 0 Å². The van der Waals surface area contributed by atoms with Crippen molar-refractivity contribution in [1.29, 1.82) is 0 Å². The molecule has 0 bridgehead atoms. The highest BCUT2D eigenvalue weighted by atomic mass is 35.5. The van der Waals surface area contributed by atoms with Crippen LogP contribution in [-0.4, -0.2) is 32.4 Å². The van der Waals surface area contributed by atoms with Gasteiger partial charge in [-0.25, -0.2) is 0 Å². The van der Waals surface area contributed by atoms with E-state index < -0.39 is 0 Å². The smallest absolute Gasteiger partial charge is 0.119 e. The minimum absolute atomic E-state index is 0.407. The van der Waals surface area contributed by atoms with Gasteiger partial charge in [0.15, 0.2) is 0 Å². The topological polar surface area (TPSA) is 30.5 Å². The van der Waals surface area contributed by atoms with Crippen LogP contribution in [0.3, 0.4) is 0 Å². The molecule has 0 saturated carbocycles. The highest BCUT2D eigenvalue weighted by Crippen LogP contribution is 2.16. The van der Waals surface area contributed by atoms with Crippen molar-refractivity contribution < 1.29 is 9.47 Å². The zero-order valence-electron chi connectivity index (χ0n) is 11.4. The first-order chi connectivity index (χ1) is 9.24. The van der Waals surface area contributed by atoms with E-state index in [9.17, 15) is 0 Å². The molecule has 3 nitrogen and oxygen atoms in total. The summed E-state index contributed by atoms with van der Waals surface area (Å²) in [6.45, 7) is 5.71. The van der Waals surface area contributed by atoms with Crippen LogP contribution in [0.2, 0.25) is 5.02 Å². The lowest BCUT2D eigenvalue weighted by atomic mass is 10.2. The lowest BCUT2D eigenvalue weighted by Crippen LogP contribution is -2.31. The van der Waals surface area contributed by atoms with Gasteiger partial charge in [-0.2, -0.15) is 0 Å². The number of hydrogen-bond acceptors (Lipinski definition) is 3. The minimum atomic E-state index is 0.407. The summed E-state index contributed by atoms with van der Waals surface area (Å²) in [5.41, 5.74) is 0. The predicted molar refractivity (Wildman–Crippen MR) is 78.0 cm³/mol. The number of ether oxygens (including phenoxy) is 2. The average Bonchev–Trinajstić information content (AvgIpc) is 2.91. The van der Waals surface area contributed by atoms with E-state index >= 15 is 0 Å². The van der Waals surface area contributed by atoms with Gasteiger partial charge in [0, 0.05) is 30.6 Å². The van der Waals surface area contributed by atoms with Gasteiger partial charge in [-0.15, -0.1) is 0 Å². The fraction of sp³-hybridized carbons (Fsp3) is 0.600. The zero-order valence-corrected chi connectivity index (χ0v) is 12.2. The van der Waals surface area contributed by atoms with Gasteiger partial charge in [0.1, 0.15) is 5.75 Å². The van der Waals surface area contributed by atoms with Crippen molar-refractivity contribution in [2.75, 3.05) is 26.3 Å². The van der Waals surface area contributed by atoms with Gasteiger partial charge in [0.2, 0.25) is 0 Å². The number of rotatable bonds is 7. The molecule has 4 heteroatoms. The van der Waals surface area contributed by atoms with Crippen LogP contribution in [0.1, 0.15) is 19.8 Å². The Bertz CT molecular complexity index is 363. The third-order valence-electron chi connectivity index (χ3n) is 3.24. The summed E-state index contributed by atoms with van der Waals surface area (Å²) >= 11 is 5.83. The number of benzene rings is 1. The second-order valence-electron chi connectivity index (χ2n) is 5.16. The molecule has 19 heavy (non-hydrogen) atoms. The third-order valence-corrected chi connectivity index (χ3v) is 3.49. The summed E-state index contributed by atoms with van der Waals surface area (Å²) in [6.07, 6.45) is 2.79. The lowest BCUT2D eigenvalue weighted by molar-refractivity contribution is 0.108. The highest BCUT2D eigenvalue weighted by Gasteiger charge is 2.15. The summed E-state index contributed by atoms with van der Waals surface area (Å²) < 4.78 is 11.3. The molecule has 106 valence electrons. The molecule has 1 fully saturated rings. The molecule has 1 N–H and O–H groups in total. The van der Waals surface area contributed by atoms with E-state index in [1.54, 1.807) is 0 Å². The van der Waals surface area contributed by atoms with E-state index in [4.69, 9.17) is 21.1 Å². The predicted octanol–water partition coefficient (Wildman–Crippen LogP) is 3.12. The molecule has 1 saturated heterocycles. The molecule has 2 rings (SSSR count). The first kappa shape index (κ1) is 14.6. The first-order valence-electron chi connectivity index (χ1n) is 6.94. The van der Waals surface area contributed by atoms with Crippen LogP contribution in [0.15, 0.2) is 24.3 Å². The van der Waals surface area contributed by atoms with Crippen LogP contribution in [0.25, 0.3) is 0 Å². The summed E-state index contributed by atoms with van der Waals surface area (Å²) in [4.78, 5) is 0. The molecular weight excluding hydrogens is 262 g/mol. The highest BCUT2D eigenvalue weighted by molar-refractivity contribution is 6.30. The molecular formula is C15H22ClNO2. The number of nitrogens with one attached hydrogen (secondary N) is 1. The molecule has 0 amide bonds. The van der Waals surface area contributed by atoms with Crippen molar-refractivity contribution in [3.63, 3.8) is 0 Å². The molecule has 1 aromatic rings. The Morgan fingerprint density at radius 2 is 2.21 bits per heavy atom. The average molecular weight is 284 g/mol. The molecule has 0 aliphatic carbocycles. The summed E-state index contributed by atoms with van der Waals surface area (Å²) in [5.74, 6) is 1.34. The fourth-order valence-corrected chi connectivity index (χ4v) is 2.25. The van der Waals surface area contributed by atoms with Crippen molar-refractivity contribution in [2.45, 2.75) is 25.9 Å². The molecule has 1 heterocycles. The van der Waals surface area contributed by atoms with Crippen LogP contribution in [-0.2, 0) is 4.74 Å². The zero-order chi connectivity index (χ0) is 13.5. The van der Waals surface area contributed by atoms with E-state index in [0.717, 1.165) is 30.5 Å². The standard InChI is InChI=1S/C15H22ClNO2/c1-12(9-17-10-15-3-2-8-18-15)11-19-14-6-4-13(16)5-7-14/h4-7,12,15,17H,2-3,8-11H2,1H3/t12-,15+/m0/s1. The number of hydrogen-bond donors (Lipinski definition) is 1. The van der Waals surface area contributed by atoms with E-state index in [-0.39, 0.29) is 0 Å². The van der Waals surface area contributed by atoms with Crippen LogP contribution < -0.4 is 10.1 Å². The van der Waals surface area contributed by atoms with Crippen molar-refractivity contribution in [3.8, 4) is 5.75 Å². The van der Waals surface area contributed by atoms with Gasteiger partial charge in [0.25, 0.3) is 0 Å². The lowest BCUT2D eigenvalue weighted by Gasteiger charge is -2.16. The maximum atomic E-state index is 5.83. The minimum Gasteiger partial charge on any atom is -0.493 e. The second kappa shape index (κ2) is 7.73. The largest absolute Gasteiger partial charge is 0.493 e. The van der Waals surface area contributed by atoms with Crippen molar-refractivity contribution in [3.05, 3.63) is 29.3 Å². The normalized spacial score (nSPS) is 20.4. The molecule has 0 unspecified atom stereocenters. The summed E-state index contributed by atoms with van der Waals surface area (Å²) in [7, 11) is 0. The van der Waals surface area contributed by atoms with Gasteiger partial charge >= 0.3 is 0 Å². The van der Waals surface area contributed by atoms with E-state index in [1.165, 1.54) is 12.8 Å². The monoisotopic (exact) mass is 283 g/mol. The Morgan fingerprint density at radius 3 is 2.89 bits per heavy atom. The summed E-state index contributed by atoms with van der Waals surface area (Å²) in [5, 5.41) is 4.18. The number of halogens is 1. The molecule has 1 aliphatic rings. The van der Waals surface area contributed by atoms with Gasteiger partial charge in [0.05, 0.1) is 12.7 Å². The molecule has 2 atom stereocenters. The van der Waals surface area contributed by atoms with Crippen molar-refractivity contribution in [2.24, 2.45) is 5.92 Å². The third kappa shape index (κ3) is 5.39. The Kier molecular flexibility index (Phi) is 5.95. The maximum Gasteiger partial charge on any atom is 0.119 e. The Morgan fingerprint density at radius 1 is 1.42 bits per heavy atom. The van der Waals surface area contributed by atoms with Crippen molar-refractivity contribution >= 4 is 11.6 Å². The molecule has 0 spiro atoms. The molecule has 0 radical (unpaired) electrons.